The van der Waals surface area contributed by atoms with Gasteiger partial charge in [0.15, 0.2) is 0 Å². The molecule has 100 valence electrons. The molecule has 3 rings (SSSR count). The lowest BCUT2D eigenvalue weighted by Gasteiger charge is -2.19. The fourth-order valence-corrected chi connectivity index (χ4v) is 4.11. The molecule has 0 aromatic carbocycles. The molecular weight excluding hydrogens is 256 g/mol. The van der Waals surface area contributed by atoms with E-state index in [1.165, 1.54) is 37.0 Å². The minimum atomic E-state index is 0.694. The van der Waals surface area contributed by atoms with Crippen molar-refractivity contribution in [3.63, 3.8) is 0 Å². The number of thiophene rings is 1. The van der Waals surface area contributed by atoms with E-state index in [9.17, 15) is 0 Å². The van der Waals surface area contributed by atoms with E-state index in [0.29, 0.717) is 5.92 Å². The third-order valence-electron chi connectivity index (χ3n) is 3.79. The van der Waals surface area contributed by atoms with Gasteiger partial charge in [-0.3, -0.25) is 0 Å². The van der Waals surface area contributed by atoms with Crippen LogP contribution in [0.5, 0.6) is 0 Å². The van der Waals surface area contributed by atoms with Gasteiger partial charge in [-0.15, -0.1) is 11.3 Å². The normalized spacial score (nSPS) is 17.5. The Morgan fingerprint density at radius 1 is 1.26 bits per heavy atom. The maximum absolute atomic E-state index is 8.99. The average molecular weight is 274 g/mol. The van der Waals surface area contributed by atoms with Gasteiger partial charge < -0.3 is 5.11 Å². The van der Waals surface area contributed by atoms with Gasteiger partial charge in [-0.2, -0.15) is 0 Å². The zero-order valence-electron chi connectivity index (χ0n) is 11.1. The van der Waals surface area contributed by atoms with E-state index < -0.39 is 0 Å². The van der Waals surface area contributed by atoms with Crippen LogP contribution in [0.1, 0.15) is 54.4 Å². The Kier molecular flexibility index (Phi) is 3.51. The number of rotatable bonds is 2. The second-order valence-electron chi connectivity index (χ2n) is 5.17. The lowest BCUT2D eigenvalue weighted by atomic mass is 9.88. The highest BCUT2D eigenvalue weighted by Crippen LogP contribution is 2.39. The monoisotopic (exact) mass is 274 g/mol. The average Bonchev–Trinajstić information content (AvgIpc) is 2.84. The van der Waals surface area contributed by atoms with Crippen LogP contribution in [0.2, 0.25) is 0 Å². The molecular formula is C15H18N2OS. The fourth-order valence-electron chi connectivity index (χ4n) is 2.86. The molecule has 0 atom stereocenters. The number of hydrogen-bond donors (Lipinski definition) is 1. The van der Waals surface area contributed by atoms with E-state index in [1.54, 1.807) is 17.4 Å². The van der Waals surface area contributed by atoms with Crippen LogP contribution in [0, 0.1) is 6.92 Å². The van der Waals surface area contributed by atoms with Crippen molar-refractivity contribution >= 4 is 27.6 Å². The van der Waals surface area contributed by atoms with Gasteiger partial charge in [0.1, 0.15) is 10.7 Å². The first kappa shape index (κ1) is 12.6. The molecule has 1 N–H and O–H groups in total. The number of aliphatic hydroxyl groups is 1. The van der Waals surface area contributed by atoms with Crippen LogP contribution >= 0.6 is 11.3 Å². The summed E-state index contributed by atoms with van der Waals surface area (Å²) in [6.07, 6.45) is 9.35. The number of aromatic nitrogens is 2. The van der Waals surface area contributed by atoms with Gasteiger partial charge in [-0.05, 0) is 37.8 Å². The van der Waals surface area contributed by atoms with Crippen LogP contribution in [-0.2, 0) is 0 Å². The largest absolute Gasteiger partial charge is 0.516 e. The number of hydrogen-bond acceptors (Lipinski definition) is 4. The van der Waals surface area contributed by atoms with E-state index in [0.717, 1.165) is 28.0 Å². The second kappa shape index (κ2) is 5.29. The molecule has 1 aliphatic rings. The Morgan fingerprint density at radius 2 is 2.05 bits per heavy atom. The molecule has 1 aliphatic carbocycles. The predicted octanol–water partition coefficient (Wildman–Crippen LogP) is 4.58. The maximum Gasteiger partial charge on any atom is 0.127 e. The van der Waals surface area contributed by atoms with Crippen molar-refractivity contribution in [2.45, 2.75) is 44.9 Å². The molecule has 3 nitrogen and oxygen atoms in total. The molecule has 0 saturated heterocycles. The number of aliphatic hydroxyl groups excluding tert-OH is 1. The van der Waals surface area contributed by atoms with Crippen molar-refractivity contribution in [1.82, 2.24) is 9.97 Å². The number of aryl methyl sites for hydroxylation is 1. The summed E-state index contributed by atoms with van der Waals surface area (Å²) in [6, 6.07) is 2.23. The van der Waals surface area contributed by atoms with E-state index in [1.807, 2.05) is 6.92 Å². The lowest BCUT2D eigenvalue weighted by molar-refractivity contribution is 0.448. The zero-order chi connectivity index (χ0) is 13.2. The molecule has 0 unspecified atom stereocenters. The summed E-state index contributed by atoms with van der Waals surface area (Å²) in [5.74, 6) is 1.46. The lowest BCUT2D eigenvalue weighted by Crippen LogP contribution is -2.02. The standard InChI is InChI=1S/C15H18N2OS/c1-10-16-13(7-8-18)12-9-14(19-15(12)17-10)11-5-3-2-4-6-11/h7-9,11,18H,2-6H2,1H3. The number of nitrogens with zero attached hydrogens (tertiary/aromatic N) is 2. The summed E-state index contributed by atoms with van der Waals surface area (Å²) in [5.41, 5.74) is 0.823. The van der Waals surface area contributed by atoms with Crippen molar-refractivity contribution in [2.75, 3.05) is 0 Å². The summed E-state index contributed by atoms with van der Waals surface area (Å²) >= 11 is 1.79. The summed E-state index contributed by atoms with van der Waals surface area (Å²) in [4.78, 5) is 11.4. The molecule has 19 heavy (non-hydrogen) atoms. The Hall–Kier alpha value is -1.42. The topological polar surface area (TPSA) is 46.0 Å². The minimum Gasteiger partial charge on any atom is -0.516 e. The molecule has 0 amide bonds. The second-order valence-corrected chi connectivity index (χ2v) is 6.24. The molecule has 0 aliphatic heterocycles. The van der Waals surface area contributed by atoms with E-state index in [-0.39, 0.29) is 0 Å². The first-order chi connectivity index (χ1) is 9.28. The highest BCUT2D eigenvalue weighted by molar-refractivity contribution is 7.18. The van der Waals surface area contributed by atoms with Gasteiger partial charge in [0.05, 0.1) is 12.0 Å². The van der Waals surface area contributed by atoms with Crippen LogP contribution in [0.3, 0.4) is 0 Å². The van der Waals surface area contributed by atoms with E-state index in [4.69, 9.17) is 5.11 Å². The van der Waals surface area contributed by atoms with Gasteiger partial charge >= 0.3 is 0 Å². The third-order valence-corrected chi connectivity index (χ3v) is 4.98. The predicted molar refractivity (Wildman–Crippen MR) is 79.6 cm³/mol. The fraction of sp³-hybridized carbons (Fsp3) is 0.467. The SMILES string of the molecule is Cc1nc(C=CO)c2cc(C3CCCCC3)sc2n1. The van der Waals surface area contributed by atoms with Crippen LogP contribution in [0.4, 0.5) is 0 Å². The summed E-state index contributed by atoms with van der Waals surface area (Å²) in [7, 11) is 0. The quantitative estimate of drug-likeness (QED) is 0.815. The Labute approximate surface area is 117 Å². The minimum absolute atomic E-state index is 0.694. The molecule has 0 spiro atoms. The molecule has 2 aromatic heterocycles. The highest BCUT2D eigenvalue weighted by atomic mass is 32.1. The first-order valence-corrected chi connectivity index (χ1v) is 7.68. The van der Waals surface area contributed by atoms with Crippen LogP contribution < -0.4 is 0 Å². The van der Waals surface area contributed by atoms with Gasteiger partial charge in [-0.1, -0.05) is 19.3 Å². The van der Waals surface area contributed by atoms with Crippen molar-refractivity contribution in [2.24, 2.45) is 0 Å². The van der Waals surface area contributed by atoms with Crippen molar-refractivity contribution in [3.05, 3.63) is 28.7 Å². The van der Waals surface area contributed by atoms with Gasteiger partial charge in [0.2, 0.25) is 0 Å². The molecule has 4 heteroatoms. The highest BCUT2D eigenvalue weighted by Gasteiger charge is 2.19. The zero-order valence-corrected chi connectivity index (χ0v) is 11.9. The molecule has 0 radical (unpaired) electrons. The number of fused-ring (bicyclic) bond motifs is 1. The van der Waals surface area contributed by atoms with Crippen LogP contribution in [0.15, 0.2) is 12.3 Å². The van der Waals surface area contributed by atoms with Crippen molar-refractivity contribution in [3.8, 4) is 0 Å². The van der Waals surface area contributed by atoms with E-state index >= 15 is 0 Å². The summed E-state index contributed by atoms with van der Waals surface area (Å²) in [5, 5.41) is 10.1. The van der Waals surface area contributed by atoms with Crippen molar-refractivity contribution in [1.29, 1.82) is 0 Å². The summed E-state index contributed by atoms with van der Waals surface area (Å²) in [6.45, 7) is 1.90. The Bertz CT molecular complexity index is 612. The first-order valence-electron chi connectivity index (χ1n) is 6.87. The van der Waals surface area contributed by atoms with Crippen LogP contribution in [0.25, 0.3) is 16.3 Å². The van der Waals surface area contributed by atoms with E-state index in [2.05, 4.69) is 16.0 Å². The molecule has 0 bridgehead atoms. The Morgan fingerprint density at radius 3 is 2.79 bits per heavy atom. The van der Waals surface area contributed by atoms with Gasteiger partial charge in [0.25, 0.3) is 0 Å². The van der Waals surface area contributed by atoms with Gasteiger partial charge in [-0.25, -0.2) is 9.97 Å². The smallest absolute Gasteiger partial charge is 0.127 e. The third kappa shape index (κ3) is 2.50. The van der Waals surface area contributed by atoms with Crippen molar-refractivity contribution < 1.29 is 5.11 Å². The van der Waals surface area contributed by atoms with Gasteiger partial charge in [0, 0.05) is 10.3 Å². The molecule has 2 aromatic rings. The maximum atomic E-state index is 8.99. The Balaban J connectivity index is 2.06. The molecule has 1 fully saturated rings. The van der Waals surface area contributed by atoms with Crippen LogP contribution in [-0.4, -0.2) is 15.1 Å². The molecule has 2 heterocycles. The summed E-state index contributed by atoms with van der Waals surface area (Å²) < 4.78 is 0. The molecule has 1 saturated carbocycles.